The van der Waals surface area contributed by atoms with Gasteiger partial charge in [-0.1, -0.05) is 30.4 Å². The molecule has 17 heavy (non-hydrogen) atoms. The first kappa shape index (κ1) is 11.7. The van der Waals surface area contributed by atoms with Crippen molar-refractivity contribution in [2.75, 3.05) is 0 Å². The van der Waals surface area contributed by atoms with Gasteiger partial charge in [0.2, 0.25) is 0 Å². The first-order valence-corrected chi connectivity index (χ1v) is 6.10. The van der Waals surface area contributed by atoms with Gasteiger partial charge >= 0.3 is 0 Å². The Morgan fingerprint density at radius 3 is 2.82 bits per heavy atom. The van der Waals surface area contributed by atoms with Crippen molar-refractivity contribution in [3.63, 3.8) is 0 Å². The summed E-state index contributed by atoms with van der Waals surface area (Å²) in [4.78, 5) is 10.5. The maximum Gasteiger partial charge on any atom is 0.279 e. The monoisotopic (exact) mass is 249 g/mol. The van der Waals surface area contributed by atoms with Crippen molar-refractivity contribution in [3.8, 4) is 10.6 Å². The van der Waals surface area contributed by atoms with Crippen molar-refractivity contribution in [1.82, 2.24) is 10.2 Å². The number of nitrogens with zero attached hydrogens (tertiary/aromatic N) is 3. The summed E-state index contributed by atoms with van der Waals surface area (Å²) < 4.78 is 0. The maximum absolute atomic E-state index is 10.9. The molecule has 5 nitrogen and oxygen atoms in total. The zero-order valence-corrected chi connectivity index (χ0v) is 10.1. The van der Waals surface area contributed by atoms with Crippen molar-refractivity contribution in [2.45, 2.75) is 19.8 Å². The molecule has 0 atom stereocenters. The standard InChI is InChI=1S/C11H11N3O2S/c1-2-5-10-12-13-11(17-10)8-6-3-4-7-9(8)14(15)16/h3-4,6-7H,2,5H2,1H3. The summed E-state index contributed by atoms with van der Waals surface area (Å²) in [5, 5.41) is 20.5. The van der Waals surface area contributed by atoms with Gasteiger partial charge < -0.3 is 0 Å². The molecule has 0 aliphatic heterocycles. The van der Waals surface area contributed by atoms with Crippen molar-refractivity contribution >= 4 is 17.0 Å². The van der Waals surface area contributed by atoms with Gasteiger partial charge in [0, 0.05) is 12.5 Å². The minimum Gasteiger partial charge on any atom is -0.258 e. The molecule has 0 saturated heterocycles. The molecule has 0 aliphatic carbocycles. The molecule has 0 radical (unpaired) electrons. The normalized spacial score (nSPS) is 10.4. The summed E-state index contributed by atoms with van der Waals surface area (Å²) in [6.07, 6.45) is 1.85. The van der Waals surface area contributed by atoms with E-state index < -0.39 is 4.92 Å². The fourth-order valence-electron chi connectivity index (χ4n) is 1.49. The average Bonchev–Trinajstić information content (AvgIpc) is 2.78. The Labute approximate surface area is 102 Å². The van der Waals surface area contributed by atoms with Gasteiger partial charge in [0.15, 0.2) is 5.01 Å². The molecule has 0 amide bonds. The molecule has 0 spiro atoms. The quantitative estimate of drug-likeness (QED) is 0.616. The van der Waals surface area contributed by atoms with Gasteiger partial charge in [0.25, 0.3) is 5.69 Å². The highest BCUT2D eigenvalue weighted by Gasteiger charge is 2.17. The van der Waals surface area contributed by atoms with Crippen LogP contribution in [0, 0.1) is 10.1 Å². The molecule has 1 heterocycles. The molecule has 2 rings (SSSR count). The van der Waals surface area contributed by atoms with E-state index in [1.54, 1.807) is 18.2 Å². The van der Waals surface area contributed by atoms with Crippen LogP contribution in [0.5, 0.6) is 0 Å². The van der Waals surface area contributed by atoms with Gasteiger partial charge in [0.05, 0.1) is 10.5 Å². The Morgan fingerprint density at radius 1 is 1.35 bits per heavy atom. The number of hydrogen-bond donors (Lipinski definition) is 0. The summed E-state index contributed by atoms with van der Waals surface area (Å²) >= 11 is 1.42. The van der Waals surface area contributed by atoms with Gasteiger partial charge in [-0.15, -0.1) is 10.2 Å². The second-order valence-corrected chi connectivity index (χ2v) is 4.59. The van der Waals surface area contributed by atoms with Crippen LogP contribution in [0.2, 0.25) is 0 Å². The number of aryl methyl sites for hydroxylation is 1. The molecule has 1 aromatic carbocycles. The minimum absolute atomic E-state index is 0.0756. The first-order valence-electron chi connectivity index (χ1n) is 5.28. The Bertz CT molecular complexity index is 539. The molecule has 0 N–H and O–H groups in total. The summed E-state index contributed by atoms with van der Waals surface area (Å²) in [7, 11) is 0. The number of benzene rings is 1. The van der Waals surface area contributed by atoms with Crippen LogP contribution in [0.1, 0.15) is 18.4 Å². The highest BCUT2D eigenvalue weighted by atomic mass is 32.1. The fourth-order valence-corrected chi connectivity index (χ4v) is 2.47. The van der Waals surface area contributed by atoms with Gasteiger partial charge in [-0.3, -0.25) is 10.1 Å². The summed E-state index contributed by atoms with van der Waals surface area (Å²) in [6.45, 7) is 2.06. The number of aromatic nitrogens is 2. The van der Waals surface area contributed by atoms with Crippen molar-refractivity contribution in [3.05, 3.63) is 39.4 Å². The maximum atomic E-state index is 10.9. The van der Waals surface area contributed by atoms with E-state index in [4.69, 9.17) is 0 Å². The second-order valence-electron chi connectivity index (χ2n) is 3.53. The number of nitro groups is 1. The lowest BCUT2D eigenvalue weighted by Crippen LogP contribution is -1.90. The molecule has 0 aliphatic rings. The highest BCUT2D eigenvalue weighted by molar-refractivity contribution is 7.14. The Kier molecular flexibility index (Phi) is 3.43. The first-order chi connectivity index (χ1) is 8.22. The van der Waals surface area contributed by atoms with Crippen LogP contribution >= 0.6 is 11.3 Å². The van der Waals surface area contributed by atoms with E-state index in [0.717, 1.165) is 17.8 Å². The number of para-hydroxylation sites is 1. The molecule has 6 heteroatoms. The van der Waals surface area contributed by atoms with E-state index in [1.165, 1.54) is 17.4 Å². The van der Waals surface area contributed by atoms with E-state index in [2.05, 4.69) is 17.1 Å². The van der Waals surface area contributed by atoms with Crippen LogP contribution in [0.3, 0.4) is 0 Å². The average molecular weight is 249 g/mol. The fraction of sp³-hybridized carbons (Fsp3) is 0.273. The second kappa shape index (κ2) is 5.01. The van der Waals surface area contributed by atoms with Crippen molar-refractivity contribution in [1.29, 1.82) is 0 Å². The van der Waals surface area contributed by atoms with Crippen LogP contribution in [0.15, 0.2) is 24.3 Å². The smallest absolute Gasteiger partial charge is 0.258 e. The molecule has 88 valence electrons. The van der Waals surface area contributed by atoms with Crippen LogP contribution < -0.4 is 0 Å². The zero-order valence-electron chi connectivity index (χ0n) is 9.29. The van der Waals surface area contributed by atoms with Crippen molar-refractivity contribution in [2.24, 2.45) is 0 Å². The van der Waals surface area contributed by atoms with Gasteiger partial charge in [-0.2, -0.15) is 0 Å². The molecule has 0 unspecified atom stereocenters. The molecular weight excluding hydrogens is 238 g/mol. The lowest BCUT2D eigenvalue weighted by Gasteiger charge is -1.96. The molecule has 2 aromatic rings. The minimum atomic E-state index is -0.393. The van der Waals surface area contributed by atoms with E-state index in [-0.39, 0.29) is 5.69 Å². The topological polar surface area (TPSA) is 68.9 Å². The molecule has 0 bridgehead atoms. The lowest BCUT2D eigenvalue weighted by molar-refractivity contribution is -0.384. The largest absolute Gasteiger partial charge is 0.279 e. The molecule has 1 aromatic heterocycles. The van der Waals surface area contributed by atoms with Crippen LogP contribution in [-0.4, -0.2) is 15.1 Å². The van der Waals surface area contributed by atoms with Gasteiger partial charge in [-0.05, 0) is 12.5 Å². The van der Waals surface area contributed by atoms with Gasteiger partial charge in [-0.25, -0.2) is 0 Å². The third kappa shape index (κ3) is 2.47. The SMILES string of the molecule is CCCc1nnc(-c2ccccc2[N+](=O)[O-])s1. The van der Waals surface area contributed by atoms with E-state index >= 15 is 0 Å². The molecule has 0 fully saturated rings. The predicted octanol–water partition coefficient (Wildman–Crippen LogP) is 3.07. The predicted molar refractivity (Wildman–Crippen MR) is 66.0 cm³/mol. The van der Waals surface area contributed by atoms with E-state index in [9.17, 15) is 10.1 Å². The Balaban J connectivity index is 2.41. The third-order valence-electron chi connectivity index (χ3n) is 2.26. The number of nitro benzene ring substituents is 1. The lowest BCUT2D eigenvalue weighted by atomic mass is 10.2. The summed E-state index contributed by atoms with van der Waals surface area (Å²) in [5.74, 6) is 0. The van der Waals surface area contributed by atoms with Crippen LogP contribution in [0.25, 0.3) is 10.6 Å². The van der Waals surface area contributed by atoms with Crippen LogP contribution in [0.4, 0.5) is 5.69 Å². The Hall–Kier alpha value is -1.82. The summed E-state index contributed by atoms with van der Waals surface area (Å²) in [5.41, 5.74) is 0.615. The van der Waals surface area contributed by atoms with Crippen LogP contribution in [-0.2, 0) is 6.42 Å². The highest BCUT2D eigenvalue weighted by Crippen LogP contribution is 2.31. The zero-order chi connectivity index (χ0) is 12.3. The summed E-state index contributed by atoms with van der Waals surface area (Å²) in [6, 6.07) is 6.60. The van der Waals surface area contributed by atoms with E-state index in [1.807, 2.05) is 0 Å². The number of rotatable bonds is 4. The third-order valence-corrected chi connectivity index (χ3v) is 3.28. The number of hydrogen-bond acceptors (Lipinski definition) is 5. The molecular formula is C11H11N3O2S. The Morgan fingerprint density at radius 2 is 2.12 bits per heavy atom. The van der Waals surface area contributed by atoms with Crippen molar-refractivity contribution < 1.29 is 4.92 Å². The molecule has 0 saturated carbocycles. The van der Waals surface area contributed by atoms with E-state index in [0.29, 0.717) is 10.6 Å². The van der Waals surface area contributed by atoms with Gasteiger partial charge in [0.1, 0.15) is 5.01 Å².